The summed E-state index contributed by atoms with van der Waals surface area (Å²) in [6.07, 6.45) is 14.1. The second kappa shape index (κ2) is 10.2. The monoisotopic (exact) mass is 458 g/mol. The number of aryl methyl sites for hydroxylation is 1. The number of nitrogens with zero attached hydrogens (tertiary/aromatic N) is 4. The number of benzene rings is 1. The van der Waals surface area contributed by atoms with Gasteiger partial charge in [0.05, 0.1) is 7.11 Å². The van der Waals surface area contributed by atoms with Crippen molar-refractivity contribution in [3.63, 3.8) is 0 Å². The molecule has 1 fully saturated rings. The van der Waals surface area contributed by atoms with Crippen LogP contribution in [0.4, 0.5) is 0 Å². The molecule has 6 heteroatoms. The van der Waals surface area contributed by atoms with Gasteiger partial charge in [0.15, 0.2) is 5.84 Å². The molecule has 2 unspecified atom stereocenters. The lowest BCUT2D eigenvalue weighted by molar-refractivity contribution is -0.0704. The Kier molecular flexibility index (Phi) is 7.15. The predicted octanol–water partition coefficient (Wildman–Crippen LogP) is 5.94. The van der Waals surface area contributed by atoms with Crippen molar-refractivity contribution in [3.8, 4) is 16.9 Å². The summed E-state index contributed by atoms with van der Waals surface area (Å²) in [5, 5.41) is 4.60. The Hall–Kier alpha value is -3.41. The molecule has 1 aromatic carbocycles. The summed E-state index contributed by atoms with van der Waals surface area (Å²) in [5.41, 5.74) is 4.50. The van der Waals surface area contributed by atoms with Crippen molar-refractivity contribution in [2.75, 3.05) is 13.7 Å². The summed E-state index contributed by atoms with van der Waals surface area (Å²) in [7, 11) is 1.70. The van der Waals surface area contributed by atoms with Crippen LogP contribution >= 0.6 is 0 Å². The Balaban J connectivity index is 1.47. The fraction of sp³-hybridized carbons (Fsp3) is 0.393. The molecule has 0 bridgehead atoms. The highest BCUT2D eigenvalue weighted by Crippen LogP contribution is 2.41. The van der Waals surface area contributed by atoms with E-state index < -0.39 is 5.72 Å². The molecule has 2 aliphatic heterocycles. The van der Waals surface area contributed by atoms with Crippen LogP contribution in [0.25, 0.3) is 11.1 Å². The average Bonchev–Trinajstić information content (AvgIpc) is 3.27. The number of methoxy groups -OCH3 is 1. The van der Waals surface area contributed by atoms with Crippen molar-refractivity contribution in [1.82, 2.24) is 14.9 Å². The van der Waals surface area contributed by atoms with E-state index in [1.54, 1.807) is 19.5 Å². The van der Waals surface area contributed by atoms with Gasteiger partial charge in [-0.1, -0.05) is 55.1 Å². The highest BCUT2D eigenvalue weighted by atomic mass is 16.7. The second-order valence-electron chi connectivity index (χ2n) is 9.07. The summed E-state index contributed by atoms with van der Waals surface area (Å²) >= 11 is 0. The van der Waals surface area contributed by atoms with Crippen molar-refractivity contribution in [1.29, 1.82) is 0 Å². The van der Waals surface area contributed by atoms with Crippen LogP contribution in [0, 0.1) is 5.92 Å². The van der Waals surface area contributed by atoms with E-state index >= 15 is 0 Å². The zero-order valence-electron chi connectivity index (χ0n) is 20.5. The molecule has 34 heavy (non-hydrogen) atoms. The van der Waals surface area contributed by atoms with Gasteiger partial charge in [-0.15, -0.1) is 0 Å². The van der Waals surface area contributed by atoms with Gasteiger partial charge in [-0.05, 0) is 44.2 Å². The molecule has 2 atom stereocenters. The molecule has 178 valence electrons. The molecule has 2 aliphatic rings. The fourth-order valence-electron chi connectivity index (χ4n) is 4.89. The van der Waals surface area contributed by atoms with Gasteiger partial charge in [-0.3, -0.25) is 0 Å². The number of aromatic nitrogens is 2. The van der Waals surface area contributed by atoms with E-state index in [4.69, 9.17) is 9.57 Å². The van der Waals surface area contributed by atoms with Gasteiger partial charge in [-0.25, -0.2) is 9.97 Å². The summed E-state index contributed by atoms with van der Waals surface area (Å²) in [6.45, 7) is 13.3. The largest absolute Gasteiger partial charge is 0.496 e. The lowest BCUT2D eigenvalue weighted by atomic mass is 9.87. The molecule has 0 radical (unpaired) electrons. The van der Waals surface area contributed by atoms with E-state index in [0.717, 1.165) is 72.5 Å². The molecule has 0 amide bonds. The third-order valence-electron chi connectivity index (χ3n) is 6.77. The van der Waals surface area contributed by atoms with Crippen LogP contribution in [0.3, 0.4) is 0 Å². The van der Waals surface area contributed by atoms with E-state index in [2.05, 4.69) is 58.3 Å². The van der Waals surface area contributed by atoms with E-state index in [0.29, 0.717) is 5.92 Å². The third-order valence-corrected chi connectivity index (χ3v) is 6.77. The minimum Gasteiger partial charge on any atom is -0.496 e. The van der Waals surface area contributed by atoms with Crippen molar-refractivity contribution >= 4 is 5.84 Å². The molecule has 0 aliphatic carbocycles. The van der Waals surface area contributed by atoms with Crippen molar-refractivity contribution in [2.45, 2.75) is 51.7 Å². The van der Waals surface area contributed by atoms with Crippen LogP contribution in [0.2, 0.25) is 0 Å². The SMILES string of the molecule is C=C(C)/C=C\C(=C)C1(CC)ON=C2C(CCc3ccc(-c4cncnc4)c(OC)c3)CCCN21. The maximum absolute atomic E-state index is 6.12. The van der Waals surface area contributed by atoms with Crippen LogP contribution in [-0.2, 0) is 11.3 Å². The topological polar surface area (TPSA) is 59.8 Å². The average molecular weight is 459 g/mol. The number of hydrogen-bond acceptors (Lipinski definition) is 6. The molecule has 2 aromatic rings. The lowest BCUT2D eigenvalue weighted by Crippen LogP contribution is -2.53. The summed E-state index contributed by atoms with van der Waals surface area (Å²) in [4.78, 5) is 16.7. The number of oxime groups is 1. The smallest absolute Gasteiger partial charge is 0.236 e. The first-order valence-electron chi connectivity index (χ1n) is 12.0. The highest BCUT2D eigenvalue weighted by Gasteiger charge is 2.49. The van der Waals surface area contributed by atoms with E-state index in [9.17, 15) is 0 Å². The first-order valence-corrected chi connectivity index (χ1v) is 12.0. The van der Waals surface area contributed by atoms with Crippen LogP contribution in [0.5, 0.6) is 5.75 Å². The predicted molar refractivity (Wildman–Crippen MR) is 136 cm³/mol. The molecule has 1 aromatic heterocycles. The van der Waals surface area contributed by atoms with Crippen LogP contribution in [0.1, 0.15) is 45.1 Å². The standard InChI is InChI=1S/C28H34N4O2/c1-6-28(21(4)10-9-20(2)3)32-15-7-8-23(27(32)31-34-28)13-11-22-12-14-25(26(16-22)33-5)24-17-29-19-30-18-24/h9-10,12,14,16-19,23H,2,4,6-8,11,13,15H2,1,3,5H3/b10-9-. The molecule has 0 spiro atoms. The second-order valence-corrected chi connectivity index (χ2v) is 9.07. The summed E-state index contributed by atoms with van der Waals surface area (Å²) in [5.74, 6) is 2.25. The summed E-state index contributed by atoms with van der Waals surface area (Å²) in [6, 6.07) is 6.38. The molecule has 0 saturated carbocycles. The first kappa shape index (κ1) is 23.7. The molecule has 4 rings (SSSR count). The number of fused-ring (bicyclic) bond motifs is 1. The van der Waals surface area contributed by atoms with Gasteiger partial charge in [-0.2, -0.15) is 0 Å². The molecular formula is C28H34N4O2. The van der Waals surface area contributed by atoms with E-state index in [1.807, 2.05) is 19.1 Å². The van der Waals surface area contributed by atoms with Crippen LogP contribution < -0.4 is 4.74 Å². The maximum atomic E-state index is 6.12. The number of ether oxygens (including phenoxy) is 1. The van der Waals surface area contributed by atoms with Gasteiger partial charge < -0.3 is 14.5 Å². The van der Waals surface area contributed by atoms with E-state index in [-0.39, 0.29) is 0 Å². The molecule has 0 N–H and O–H groups in total. The molecule has 6 nitrogen and oxygen atoms in total. The highest BCUT2D eigenvalue weighted by molar-refractivity contribution is 5.87. The Morgan fingerprint density at radius 3 is 2.76 bits per heavy atom. The normalized spacial score (nSPS) is 21.7. The number of allylic oxidation sites excluding steroid dienone is 2. The summed E-state index contributed by atoms with van der Waals surface area (Å²) < 4.78 is 5.68. The number of amidine groups is 1. The van der Waals surface area contributed by atoms with Gasteiger partial charge in [0, 0.05) is 48.0 Å². The quantitative estimate of drug-likeness (QED) is 0.436. The zero-order valence-corrected chi connectivity index (χ0v) is 20.5. The Morgan fingerprint density at radius 2 is 2.06 bits per heavy atom. The lowest BCUT2D eigenvalue weighted by Gasteiger charge is -2.41. The zero-order chi connectivity index (χ0) is 24.1. The number of piperidine rings is 1. The fourth-order valence-corrected chi connectivity index (χ4v) is 4.89. The van der Waals surface area contributed by atoms with Crippen LogP contribution in [-0.4, -0.2) is 40.1 Å². The van der Waals surface area contributed by atoms with Crippen molar-refractivity contribution in [3.05, 3.63) is 78.9 Å². The Morgan fingerprint density at radius 1 is 1.26 bits per heavy atom. The molecule has 3 heterocycles. The first-order chi connectivity index (χ1) is 16.5. The van der Waals surface area contributed by atoms with E-state index in [1.165, 1.54) is 11.9 Å². The van der Waals surface area contributed by atoms with Gasteiger partial charge >= 0.3 is 0 Å². The molecular weight excluding hydrogens is 424 g/mol. The maximum Gasteiger partial charge on any atom is 0.236 e. The van der Waals surface area contributed by atoms with Gasteiger partial charge in [0.25, 0.3) is 0 Å². The number of rotatable bonds is 9. The van der Waals surface area contributed by atoms with Crippen molar-refractivity contribution in [2.24, 2.45) is 11.1 Å². The van der Waals surface area contributed by atoms with Gasteiger partial charge in [0.1, 0.15) is 12.1 Å². The molecule has 1 saturated heterocycles. The minimum atomic E-state index is -0.595. The Labute approximate surface area is 202 Å². The minimum absolute atomic E-state index is 0.355. The third kappa shape index (κ3) is 4.63. The van der Waals surface area contributed by atoms with Crippen molar-refractivity contribution < 1.29 is 9.57 Å². The number of hydrogen-bond donors (Lipinski definition) is 0. The Bertz CT molecular complexity index is 1110. The van der Waals surface area contributed by atoms with Crippen LogP contribution in [0.15, 0.2) is 78.5 Å². The van der Waals surface area contributed by atoms with Gasteiger partial charge in [0.2, 0.25) is 5.72 Å².